The fraction of sp³-hybridized carbons (Fsp3) is 0.462. The van der Waals surface area contributed by atoms with Gasteiger partial charge in [0.1, 0.15) is 0 Å². The number of benzene rings is 1. The second kappa shape index (κ2) is 7.13. The van der Waals surface area contributed by atoms with Gasteiger partial charge in [0.2, 0.25) is 0 Å². The van der Waals surface area contributed by atoms with E-state index in [1.807, 2.05) is 6.92 Å². The number of carbonyl (C=O) groups excluding carboxylic acids is 1. The molecule has 0 aliphatic carbocycles. The SMILES string of the molecule is COc1cccc(C(=O)NCCC(C)S(C)=O)c1O. The van der Waals surface area contributed by atoms with Crippen LogP contribution < -0.4 is 10.1 Å². The average Bonchev–Trinajstić information content (AvgIpc) is 2.38. The van der Waals surface area contributed by atoms with Crippen LogP contribution >= 0.6 is 0 Å². The first kappa shape index (κ1) is 15.5. The summed E-state index contributed by atoms with van der Waals surface area (Å²) in [5, 5.41) is 12.5. The van der Waals surface area contributed by atoms with Gasteiger partial charge in [-0.2, -0.15) is 0 Å². The minimum Gasteiger partial charge on any atom is -0.504 e. The molecule has 0 saturated carbocycles. The highest BCUT2D eigenvalue weighted by Crippen LogP contribution is 2.29. The van der Waals surface area contributed by atoms with Gasteiger partial charge in [-0.3, -0.25) is 9.00 Å². The number of phenols is 1. The molecule has 0 saturated heterocycles. The van der Waals surface area contributed by atoms with Crippen LogP contribution in [0, 0.1) is 0 Å². The second-order valence-corrected chi connectivity index (χ2v) is 6.01. The summed E-state index contributed by atoms with van der Waals surface area (Å²) in [7, 11) is 0.526. The molecule has 0 bridgehead atoms. The number of para-hydroxylation sites is 1. The molecule has 0 spiro atoms. The molecule has 2 atom stereocenters. The normalized spacial score (nSPS) is 13.6. The van der Waals surface area contributed by atoms with Gasteiger partial charge in [0.05, 0.1) is 12.7 Å². The first-order valence-electron chi connectivity index (χ1n) is 5.93. The average molecular weight is 285 g/mol. The third kappa shape index (κ3) is 4.24. The molecule has 5 nitrogen and oxygen atoms in total. The van der Waals surface area contributed by atoms with Crippen molar-refractivity contribution in [2.75, 3.05) is 19.9 Å². The lowest BCUT2D eigenvalue weighted by molar-refractivity contribution is 0.0950. The van der Waals surface area contributed by atoms with E-state index >= 15 is 0 Å². The van der Waals surface area contributed by atoms with Gasteiger partial charge in [-0.15, -0.1) is 0 Å². The summed E-state index contributed by atoms with van der Waals surface area (Å²) in [4.78, 5) is 11.9. The molecule has 2 N–H and O–H groups in total. The Morgan fingerprint density at radius 2 is 2.21 bits per heavy atom. The number of nitrogens with one attached hydrogen (secondary N) is 1. The molecule has 106 valence electrons. The van der Waals surface area contributed by atoms with Gasteiger partial charge >= 0.3 is 0 Å². The number of hydrogen-bond acceptors (Lipinski definition) is 4. The van der Waals surface area contributed by atoms with Crippen LogP contribution in [0.15, 0.2) is 18.2 Å². The highest BCUT2D eigenvalue weighted by Gasteiger charge is 2.14. The lowest BCUT2D eigenvalue weighted by Gasteiger charge is -2.11. The van der Waals surface area contributed by atoms with Gasteiger partial charge in [-0.25, -0.2) is 0 Å². The van der Waals surface area contributed by atoms with Crippen molar-refractivity contribution >= 4 is 16.7 Å². The van der Waals surface area contributed by atoms with Crippen LogP contribution in [0.4, 0.5) is 0 Å². The van der Waals surface area contributed by atoms with Gasteiger partial charge < -0.3 is 15.2 Å². The van der Waals surface area contributed by atoms with Crippen molar-refractivity contribution < 1.29 is 18.8 Å². The molecule has 0 fully saturated rings. The van der Waals surface area contributed by atoms with Crippen LogP contribution in [-0.4, -0.2) is 40.4 Å². The third-order valence-corrected chi connectivity index (χ3v) is 4.24. The van der Waals surface area contributed by atoms with E-state index < -0.39 is 10.8 Å². The van der Waals surface area contributed by atoms with Gasteiger partial charge in [0.15, 0.2) is 11.5 Å². The van der Waals surface area contributed by atoms with Crippen LogP contribution in [0.3, 0.4) is 0 Å². The highest BCUT2D eigenvalue weighted by molar-refractivity contribution is 7.84. The Labute approximate surface area is 115 Å². The van der Waals surface area contributed by atoms with Crippen molar-refractivity contribution in [3.63, 3.8) is 0 Å². The minimum atomic E-state index is -0.900. The largest absolute Gasteiger partial charge is 0.504 e. The first-order valence-corrected chi connectivity index (χ1v) is 7.56. The Hall–Kier alpha value is -1.56. The quantitative estimate of drug-likeness (QED) is 0.826. The summed E-state index contributed by atoms with van der Waals surface area (Å²) in [6.07, 6.45) is 2.26. The van der Waals surface area contributed by atoms with Gasteiger partial charge in [0.25, 0.3) is 5.91 Å². The minimum absolute atomic E-state index is 0.0270. The topological polar surface area (TPSA) is 75.6 Å². The Kier molecular flexibility index (Phi) is 5.82. The van der Waals surface area contributed by atoms with E-state index in [1.54, 1.807) is 18.4 Å². The molecule has 19 heavy (non-hydrogen) atoms. The Morgan fingerprint density at radius 3 is 2.79 bits per heavy atom. The number of hydrogen-bond donors (Lipinski definition) is 2. The number of carbonyl (C=O) groups is 1. The van der Waals surface area contributed by atoms with E-state index in [0.29, 0.717) is 13.0 Å². The number of methoxy groups -OCH3 is 1. The molecule has 0 aliphatic heterocycles. The lowest BCUT2D eigenvalue weighted by Crippen LogP contribution is -2.27. The Balaban J connectivity index is 2.62. The van der Waals surface area contributed by atoms with Crippen LogP contribution in [0.1, 0.15) is 23.7 Å². The molecular formula is C13H19NO4S. The maximum absolute atomic E-state index is 11.9. The van der Waals surface area contributed by atoms with E-state index in [1.165, 1.54) is 13.2 Å². The first-order chi connectivity index (χ1) is 8.97. The summed E-state index contributed by atoms with van der Waals surface area (Å²) >= 11 is 0. The molecule has 1 amide bonds. The van der Waals surface area contributed by atoms with Crippen LogP contribution in [0.2, 0.25) is 0 Å². The molecule has 1 aromatic carbocycles. The van der Waals surface area contributed by atoms with E-state index in [9.17, 15) is 14.1 Å². The molecule has 6 heteroatoms. The summed E-state index contributed by atoms with van der Waals surface area (Å²) in [6.45, 7) is 2.28. The maximum atomic E-state index is 11.9. The number of ether oxygens (including phenoxy) is 1. The molecule has 0 aromatic heterocycles. The van der Waals surface area contributed by atoms with E-state index in [-0.39, 0.29) is 28.2 Å². The summed E-state index contributed by atoms with van der Waals surface area (Å²) < 4.78 is 16.1. The second-order valence-electron chi connectivity index (χ2n) is 4.21. The van der Waals surface area contributed by atoms with Crippen LogP contribution in [0.5, 0.6) is 11.5 Å². The number of aromatic hydroxyl groups is 1. The van der Waals surface area contributed by atoms with E-state index in [4.69, 9.17) is 4.74 Å². The number of rotatable bonds is 6. The van der Waals surface area contributed by atoms with Crippen molar-refractivity contribution in [2.45, 2.75) is 18.6 Å². The number of amides is 1. The van der Waals surface area contributed by atoms with Crippen molar-refractivity contribution in [2.24, 2.45) is 0 Å². The fourth-order valence-corrected chi connectivity index (χ4v) is 1.97. The predicted molar refractivity (Wildman–Crippen MR) is 75.1 cm³/mol. The standard InChI is InChI=1S/C13H19NO4S/c1-9(19(3)17)7-8-14-13(16)10-5-4-6-11(18-2)12(10)15/h4-6,9,15H,7-8H2,1-3H3,(H,14,16). The zero-order chi connectivity index (χ0) is 14.4. The molecule has 0 aliphatic rings. The summed E-state index contributed by atoms with van der Waals surface area (Å²) in [5.74, 6) is -0.282. The monoisotopic (exact) mass is 285 g/mol. The molecular weight excluding hydrogens is 266 g/mol. The molecule has 0 heterocycles. The molecule has 1 rings (SSSR count). The summed E-state index contributed by atoms with van der Waals surface area (Å²) in [6, 6.07) is 4.74. The summed E-state index contributed by atoms with van der Waals surface area (Å²) in [5.41, 5.74) is 0.171. The van der Waals surface area contributed by atoms with Crippen molar-refractivity contribution in [1.82, 2.24) is 5.32 Å². The molecule has 2 unspecified atom stereocenters. The van der Waals surface area contributed by atoms with Gasteiger partial charge in [-0.1, -0.05) is 13.0 Å². The van der Waals surface area contributed by atoms with Gasteiger partial charge in [0, 0.05) is 28.9 Å². The van der Waals surface area contributed by atoms with Crippen molar-refractivity contribution in [3.05, 3.63) is 23.8 Å². The zero-order valence-electron chi connectivity index (χ0n) is 11.3. The highest BCUT2D eigenvalue weighted by atomic mass is 32.2. The smallest absolute Gasteiger partial charge is 0.255 e. The number of phenolic OH excluding ortho intramolecular Hbond substituents is 1. The van der Waals surface area contributed by atoms with Crippen LogP contribution in [0.25, 0.3) is 0 Å². The molecule has 1 aromatic rings. The Bertz CT molecular complexity index is 476. The van der Waals surface area contributed by atoms with Crippen molar-refractivity contribution in [1.29, 1.82) is 0 Å². The van der Waals surface area contributed by atoms with Gasteiger partial charge in [-0.05, 0) is 18.6 Å². The lowest BCUT2D eigenvalue weighted by atomic mass is 10.1. The zero-order valence-corrected chi connectivity index (χ0v) is 12.1. The van der Waals surface area contributed by atoms with Crippen LogP contribution in [-0.2, 0) is 10.8 Å². The third-order valence-electron chi connectivity index (χ3n) is 2.87. The molecule has 0 radical (unpaired) electrons. The van der Waals surface area contributed by atoms with E-state index in [0.717, 1.165) is 0 Å². The predicted octanol–water partition coefficient (Wildman–Crippen LogP) is 1.29. The van der Waals surface area contributed by atoms with Crippen molar-refractivity contribution in [3.8, 4) is 11.5 Å². The fourth-order valence-electron chi connectivity index (χ4n) is 1.52. The Morgan fingerprint density at radius 1 is 1.53 bits per heavy atom. The maximum Gasteiger partial charge on any atom is 0.255 e. The van der Waals surface area contributed by atoms with E-state index in [2.05, 4.69) is 5.32 Å².